The van der Waals surface area contributed by atoms with E-state index in [0.29, 0.717) is 5.25 Å². The van der Waals surface area contributed by atoms with Crippen molar-refractivity contribution in [2.24, 2.45) is 10.9 Å². The van der Waals surface area contributed by atoms with E-state index in [-0.39, 0.29) is 0 Å². The van der Waals surface area contributed by atoms with Gasteiger partial charge in [-0.2, -0.15) is 23.5 Å². The first-order chi connectivity index (χ1) is 8.58. The summed E-state index contributed by atoms with van der Waals surface area (Å²) in [5, 5.41) is 4.85. The Labute approximate surface area is 121 Å². The SMILES string of the molecule is CN=C(NCC(C)SC)N1CCSC(C(C)C)C1. The molecular weight excluding hydrogens is 262 g/mol. The molecular formula is C13H27N3S2. The highest BCUT2D eigenvalue weighted by atomic mass is 32.2. The molecule has 0 amide bonds. The maximum Gasteiger partial charge on any atom is 0.193 e. The summed E-state index contributed by atoms with van der Waals surface area (Å²) in [4.78, 5) is 6.84. The monoisotopic (exact) mass is 289 g/mol. The van der Waals surface area contributed by atoms with Crippen LogP contribution in [0.25, 0.3) is 0 Å². The van der Waals surface area contributed by atoms with Crippen LogP contribution < -0.4 is 5.32 Å². The van der Waals surface area contributed by atoms with Crippen LogP contribution in [0.15, 0.2) is 4.99 Å². The number of aliphatic imine (C=N–C) groups is 1. The lowest BCUT2D eigenvalue weighted by Gasteiger charge is -2.36. The summed E-state index contributed by atoms with van der Waals surface area (Å²) >= 11 is 3.99. The third kappa shape index (κ3) is 4.92. The molecule has 1 heterocycles. The Morgan fingerprint density at radius 1 is 1.50 bits per heavy atom. The molecule has 1 N–H and O–H groups in total. The minimum atomic E-state index is 0.627. The molecule has 1 aliphatic rings. The van der Waals surface area contributed by atoms with Crippen molar-refractivity contribution in [2.45, 2.75) is 31.3 Å². The number of nitrogens with zero attached hydrogens (tertiary/aromatic N) is 2. The topological polar surface area (TPSA) is 27.6 Å². The zero-order valence-electron chi connectivity index (χ0n) is 12.3. The van der Waals surface area contributed by atoms with E-state index in [1.54, 1.807) is 0 Å². The van der Waals surface area contributed by atoms with Crippen LogP contribution in [-0.2, 0) is 0 Å². The minimum absolute atomic E-state index is 0.627. The van der Waals surface area contributed by atoms with Crippen LogP contribution in [0.1, 0.15) is 20.8 Å². The smallest absolute Gasteiger partial charge is 0.193 e. The normalized spacial score (nSPS) is 23.3. The van der Waals surface area contributed by atoms with Crippen LogP contribution in [-0.4, -0.2) is 60.0 Å². The Morgan fingerprint density at radius 3 is 2.78 bits per heavy atom. The second-order valence-electron chi connectivity index (χ2n) is 5.07. The zero-order chi connectivity index (χ0) is 13.5. The van der Waals surface area contributed by atoms with Crippen molar-refractivity contribution in [3.63, 3.8) is 0 Å². The average molecular weight is 290 g/mol. The van der Waals surface area contributed by atoms with E-state index in [2.05, 4.69) is 54.0 Å². The molecule has 2 unspecified atom stereocenters. The van der Waals surface area contributed by atoms with Gasteiger partial charge < -0.3 is 10.2 Å². The molecule has 0 saturated carbocycles. The van der Waals surface area contributed by atoms with E-state index < -0.39 is 0 Å². The van der Waals surface area contributed by atoms with Crippen LogP contribution in [0.3, 0.4) is 0 Å². The molecule has 1 aliphatic heterocycles. The van der Waals surface area contributed by atoms with Gasteiger partial charge in [-0.3, -0.25) is 4.99 Å². The molecule has 1 rings (SSSR count). The van der Waals surface area contributed by atoms with Gasteiger partial charge in [-0.05, 0) is 12.2 Å². The molecule has 0 spiro atoms. The largest absolute Gasteiger partial charge is 0.355 e. The van der Waals surface area contributed by atoms with Crippen LogP contribution in [0.2, 0.25) is 0 Å². The van der Waals surface area contributed by atoms with Gasteiger partial charge in [0.2, 0.25) is 0 Å². The summed E-state index contributed by atoms with van der Waals surface area (Å²) in [7, 11) is 1.89. The maximum atomic E-state index is 4.42. The molecule has 1 saturated heterocycles. The lowest BCUT2D eigenvalue weighted by atomic mass is 10.1. The first-order valence-electron chi connectivity index (χ1n) is 6.68. The Hall–Kier alpha value is -0.0300. The molecule has 0 bridgehead atoms. The van der Waals surface area contributed by atoms with E-state index in [1.807, 2.05) is 18.8 Å². The fourth-order valence-electron chi connectivity index (χ4n) is 1.92. The van der Waals surface area contributed by atoms with Gasteiger partial charge >= 0.3 is 0 Å². The highest BCUT2D eigenvalue weighted by Crippen LogP contribution is 2.24. The van der Waals surface area contributed by atoms with Crippen molar-refractivity contribution >= 4 is 29.5 Å². The summed E-state index contributed by atoms with van der Waals surface area (Å²) in [6.07, 6.45) is 2.15. The van der Waals surface area contributed by atoms with E-state index >= 15 is 0 Å². The van der Waals surface area contributed by atoms with E-state index in [4.69, 9.17) is 0 Å². The van der Waals surface area contributed by atoms with Crippen LogP contribution in [0, 0.1) is 5.92 Å². The quantitative estimate of drug-likeness (QED) is 0.635. The third-order valence-corrected chi connectivity index (χ3v) is 5.81. The second-order valence-corrected chi connectivity index (χ2v) is 7.70. The van der Waals surface area contributed by atoms with Crippen molar-refractivity contribution in [1.29, 1.82) is 0 Å². The van der Waals surface area contributed by atoms with Crippen LogP contribution >= 0.6 is 23.5 Å². The molecule has 0 aromatic carbocycles. The van der Waals surface area contributed by atoms with Crippen molar-refractivity contribution in [2.75, 3.05) is 38.7 Å². The number of rotatable bonds is 4. The number of thioether (sulfide) groups is 2. The Morgan fingerprint density at radius 2 is 2.22 bits per heavy atom. The fourth-order valence-corrected chi connectivity index (χ4v) is 3.47. The summed E-state index contributed by atoms with van der Waals surface area (Å²) in [6.45, 7) is 10.1. The first kappa shape index (κ1) is 16.0. The predicted octanol–water partition coefficient (Wildman–Crippen LogP) is 2.39. The summed E-state index contributed by atoms with van der Waals surface area (Å²) < 4.78 is 0. The highest BCUT2D eigenvalue weighted by Gasteiger charge is 2.24. The summed E-state index contributed by atoms with van der Waals surface area (Å²) in [6, 6.07) is 0. The molecule has 5 heteroatoms. The van der Waals surface area contributed by atoms with Crippen molar-refractivity contribution in [3.05, 3.63) is 0 Å². The van der Waals surface area contributed by atoms with Gasteiger partial charge in [0.1, 0.15) is 0 Å². The van der Waals surface area contributed by atoms with Gasteiger partial charge in [0.15, 0.2) is 5.96 Å². The van der Waals surface area contributed by atoms with E-state index in [9.17, 15) is 0 Å². The molecule has 0 radical (unpaired) electrons. The molecule has 0 aromatic rings. The summed E-state index contributed by atoms with van der Waals surface area (Å²) in [5.41, 5.74) is 0. The van der Waals surface area contributed by atoms with E-state index in [1.165, 1.54) is 5.75 Å². The van der Waals surface area contributed by atoms with Crippen molar-refractivity contribution in [1.82, 2.24) is 10.2 Å². The second kappa shape index (κ2) is 8.20. The Bertz CT molecular complexity index is 269. The zero-order valence-corrected chi connectivity index (χ0v) is 13.9. The highest BCUT2D eigenvalue weighted by molar-refractivity contribution is 8.00. The van der Waals surface area contributed by atoms with Gasteiger partial charge in [-0.25, -0.2) is 0 Å². The number of hydrogen-bond acceptors (Lipinski definition) is 3. The van der Waals surface area contributed by atoms with E-state index in [0.717, 1.165) is 36.8 Å². The lowest BCUT2D eigenvalue weighted by molar-refractivity contribution is 0.381. The first-order valence-corrected chi connectivity index (χ1v) is 9.02. The molecule has 2 atom stereocenters. The molecule has 0 aromatic heterocycles. The standard InChI is InChI=1S/C13H27N3S2/c1-10(2)12-9-16(6-7-18-12)13(14-4)15-8-11(3)17-5/h10-12H,6-9H2,1-5H3,(H,14,15). The fraction of sp³-hybridized carbons (Fsp3) is 0.923. The molecule has 1 fully saturated rings. The molecule has 18 heavy (non-hydrogen) atoms. The molecule has 106 valence electrons. The van der Waals surface area contributed by atoms with Gasteiger partial charge in [0.05, 0.1) is 0 Å². The molecule has 0 aliphatic carbocycles. The summed E-state index contributed by atoms with van der Waals surface area (Å²) in [5.74, 6) is 3.02. The third-order valence-electron chi connectivity index (χ3n) is 3.30. The van der Waals surface area contributed by atoms with Crippen molar-refractivity contribution < 1.29 is 0 Å². The molecule has 3 nitrogen and oxygen atoms in total. The number of nitrogens with one attached hydrogen (secondary N) is 1. The number of guanidine groups is 1. The van der Waals surface area contributed by atoms with Gasteiger partial charge in [0.25, 0.3) is 0 Å². The minimum Gasteiger partial charge on any atom is -0.355 e. The Balaban J connectivity index is 2.49. The Kier molecular flexibility index (Phi) is 7.30. The average Bonchev–Trinajstić information content (AvgIpc) is 2.39. The lowest BCUT2D eigenvalue weighted by Crippen LogP contribution is -2.49. The van der Waals surface area contributed by atoms with Crippen molar-refractivity contribution in [3.8, 4) is 0 Å². The number of hydrogen-bond donors (Lipinski definition) is 1. The van der Waals surface area contributed by atoms with Gasteiger partial charge in [-0.1, -0.05) is 20.8 Å². The maximum absolute atomic E-state index is 4.42. The van der Waals surface area contributed by atoms with Crippen LogP contribution in [0.4, 0.5) is 0 Å². The van der Waals surface area contributed by atoms with Crippen LogP contribution in [0.5, 0.6) is 0 Å². The van der Waals surface area contributed by atoms with Gasteiger partial charge in [-0.15, -0.1) is 0 Å². The predicted molar refractivity (Wildman–Crippen MR) is 87.0 cm³/mol. The van der Waals surface area contributed by atoms with Gasteiger partial charge in [0, 0.05) is 42.9 Å².